The lowest BCUT2D eigenvalue weighted by Crippen LogP contribution is -2.18. The normalized spacial score (nSPS) is 12.4. The summed E-state index contributed by atoms with van der Waals surface area (Å²) in [6, 6.07) is 7.89. The molecule has 0 spiro atoms. The first kappa shape index (κ1) is 12.6. The van der Waals surface area contributed by atoms with Gasteiger partial charge in [0.05, 0.1) is 13.2 Å². The minimum Gasteiger partial charge on any atom is -0.497 e. The molecule has 2 aromatic rings. The zero-order valence-corrected chi connectivity index (χ0v) is 10.8. The number of methoxy groups -OCH3 is 1. The maximum Gasteiger partial charge on any atom is 0.125 e. The molecule has 1 unspecified atom stereocenters. The second-order valence-corrected chi connectivity index (χ2v) is 4.23. The number of benzene rings is 1. The number of aryl methyl sites for hydroxylation is 1. The highest BCUT2D eigenvalue weighted by Gasteiger charge is 2.12. The van der Waals surface area contributed by atoms with Gasteiger partial charge in [-0.25, -0.2) is 4.98 Å². The molecule has 0 aliphatic carbocycles. The average molecular weight is 245 g/mol. The van der Waals surface area contributed by atoms with Crippen molar-refractivity contribution in [2.45, 2.75) is 25.9 Å². The summed E-state index contributed by atoms with van der Waals surface area (Å²) in [4.78, 5) is 4.33. The summed E-state index contributed by atoms with van der Waals surface area (Å²) in [7, 11) is 1.67. The quantitative estimate of drug-likeness (QED) is 0.878. The van der Waals surface area contributed by atoms with E-state index in [-0.39, 0.29) is 6.04 Å². The van der Waals surface area contributed by atoms with Gasteiger partial charge in [-0.05, 0) is 31.0 Å². The summed E-state index contributed by atoms with van der Waals surface area (Å²) in [5.74, 6) is 1.79. The molecule has 0 aliphatic heterocycles. The van der Waals surface area contributed by atoms with Gasteiger partial charge >= 0.3 is 0 Å². The highest BCUT2D eigenvalue weighted by atomic mass is 16.5. The van der Waals surface area contributed by atoms with Crippen LogP contribution >= 0.6 is 0 Å². The van der Waals surface area contributed by atoms with Crippen LogP contribution in [0.25, 0.3) is 0 Å². The molecule has 4 nitrogen and oxygen atoms in total. The Kier molecular flexibility index (Phi) is 3.99. The van der Waals surface area contributed by atoms with Gasteiger partial charge < -0.3 is 15.0 Å². The maximum atomic E-state index is 6.22. The minimum absolute atomic E-state index is 0.0907. The van der Waals surface area contributed by atoms with Crippen molar-refractivity contribution in [1.82, 2.24) is 9.55 Å². The van der Waals surface area contributed by atoms with Gasteiger partial charge in [0.2, 0.25) is 0 Å². The Hall–Kier alpha value is -1.81. The van der Waals surface area contributed by atoms with Crippen molar-refractivity contribution in [3.05, 3.63) is 48.0 Å². The van der Waals surface area contributed by atoms with E-state index in [0.29, 0.717) is 0 Å². The Morgan fingerprint density at radius 3 is 3.00 bits per heavy atom. The molecule has 1 aromatic heterocycles. The Morgan fingerprint density at radius 2 is 2.28 bits per heavy atom. The zero-order chi connectivity index (χ0) is 13.0. The number of nitrogens with two attached hydrogens (primary N) is 1. The highest BCUT2D eigenvalue weighted by Crippen LogP contribution is 2.18. The molecular weight excluding hydrogens is 226 g/mol. The summed E-state index contributed by atoms with van der Waals surface area (Å²) in [5, 5.41) is 0. The van der Waals surface area contributed by atoms with Gasteiger partial charge in [-0.2, -0.15) is 0 Å². The predicted octanol–water partition coefficient (Wildman–Crippen LogP) is 2.15. The minimum atomic E-state index is -0.0907. The fraction of sp³-hybridized carbons (Fsp3) is 0.357. The van der Waals surface area contributed by atoms with Crippen LogP contribution in [0.5, 0.6) is 5.75 Å². The third-order valence-corrected chi connectivity index (χ3v) is 3.01. The highest BCUT2D eigenvalue weighted by molar-refractivity contribution is 5.29. The number of aromatic nitrogens is 2. The number of imidazole rings is 1. The van der Waals surface area contributed by atoms with Crippen LogP contribution in [0.1, 0.15) is 24.4 Å². The maximum absolute atomic E-state index is 6.22. The Bertz CT molecular complexity index is 507. The number of hydrogen-bond donors (Lipinski definition) is 1. The topological polar surface area (TPSA) is 53.1 Å². The molecule has 0 saturated carbocycles. The van der Waals surface area contributed by atoms with Crippen molar-refractivity contribution in [3.63, 3.8) is 0 Å². The number of nitrogens with zero attached hydrogens (tertiary/aromatic N) is 2. The lowest BCUT2D eigenvalue weighted by molar-refractivity contribution is 0.414. The SMILES string of the molecule is CCn1ccnc1C(N)Cc1cccc(OC)c1. The molecule has 1 heterocycles. The molecular formula is C14H19N3O. The summed E-state index contributed by atoms with van der Waals surface area (Å²) in [6.07, 6.45) is 4.51. The van der Waals surface area contributed by atoms with Crippen molar-refractivity contribution in [2.24, 2.45) is 5.73 Å². The van der Waals surface area contributed by atoms with Gasteiger partial charge in [-0.1, -0.05) is 12.1 Å². The average Bonchev–Trinajstić information content (AvgIpc) is 2.87. The fourth-order valence-electron chi connectivity index (χ4n) is 2.06. The van der Waals surface area contributed by atoms with E-state index in [4.69, 9.17) is 10.5 Å². The third kappa shape index (κ3) is 2.71. The van der Waals surface area contributed by atoms with Crippen LogP contribution in [0.4, 0.5) is 0 Å². The van der Waals surface area contributed by atoms with E-state index in [1.54, 1.807) is 13.3 Å². The first-order valence-corrected chi connectivity index (χ1v) is 6.14. The summed E-state index contributed by atoms with van der Waals surface area (Å²) in [5.41, 5.74) is 7.37. The van der Waals surface area contributed by atoms with Gasteiger partial charge in [-0.3, -0.25) is 0 Å². The van der Waals surface area contributed by atoms with Crippen LogP contribution in [0.3, 0.4) is 0 Å². The molecule has 0 fully saturated rings. The van der Waals surface area contributed by atoms with E-state index in [2.05, 4.69) is 22.5 Å². The molecule has 2 N–H and O–H groups in total. The molecule has 2 rings (SSSR count). The van der Waals surface area contributed by atoms with Gasteiger partial charge in [0.1, 0.15) is 11.6 Å². The molecule has 0 aliphatic rings. The van der Waals surface area contributed by atoms with Crippen LogP contribution < -0.4 is 10.5 Å². The second kappa shape index (κ2) is 5.69. The van der Waals surface area contributed by atoms with Crippen molar-refractivity contribution in [3.8, 4) is 5.75 Å². The molecule has 0 bridgehead atoms. The third-order valence-electron chi connectivity index (χ3n) is 3.01. The van der Waals surface area contributed by atoms with Crippen LogP contribution in [-0.2, 0) is 13.0 Å². The van der Waals surface area contributed by atoms with E-state index < -0.39 is 0 Å². The Balaban J connectivity index is 2.13. The number of rotatable bonds is 5. The van der Waals surface area contributed by atoms with Gasteiger partial charge in [-0.15, -0.1) is 0 Å². The van der Waals surface area contributed by atoms with Crippen LogP contribution in [0.15, 0.2) is 36.7 Å². The van der Waals surface area contributed by atoms with E-state index in [1.807, 2.05) is 24.4 Å². The lowest BCUT2D eigenvalue weighted by Gasteiger charge is -2.13. The second-order valence-electron chi connectivity index (χ2n) is 4.23. The lowest BCUT2D eigenvalue weighted by atomic mass is 10.1. The Morgan fingerprint density at radius 1 is 1.44 bits per heavy atom. The van der Waals surface area contributed by atoms with Crippen molar-refractivity contribution in [1.29, 1.82) is 0 Å². The van der Waals surface area contributed by atoms with Gasteiger partial charge in [0.15, 0.2) is 0 Å². The Labute approximate surface area is 107 Å². The molecule has 0 radical (unpaired) electrons. The molecule has 1 atom stereocenters. The molecule has 4 heteroatoms. The molecule has 1 aromatic carbocycles. The zero-order valence-electron chi connectivity index (χ0n) is 10.8. The molecule has 96 valence electrons. The number of ether oxygens (including phenoxy) is 1. The molecule has 0 amide bonds. The monoisotopic (exact) mass is 245 g/mol. The summed E-state index contributed by atoms with van der Waals surface area (Å²) < 4.78 is 7.28. The van der Waals surface area contributed by atoms with E-state index in [1.165, 1.54) is 0 Å². The van der Waals surface area contributed by atoms with Gasteiger partial charge in [0.25, 0.3) is 0 Å². The van der Waals surface area contributed by atoms with Crippen LogP contribution in [-0.4, -0.2) is 16.7 Å². The fourth-order valence-corrected chi connectivity index (χ4v) is 2.06. The van der Waals surface area contributed by atoms with E-state index in [9.17, 15) is 0 Å². The largest absolute Gasteiger partial charge is 0.497 e. The first-order valence-electron chi connectivity index (χ1n) is 6.14. The van der Waals surface area contributed by atoms with Crippen molar-refractivity contribution < 1.29 is 4.74 Å². The smallest absolute Gasteiger partial charge is 0.125 e. The van der Waals surface area contributed by atoms with Crippen LogP contribution in [0.2, 0.25) is 0 Å². The number of hydrogen-bond acceptors (Lipinski definition) is 3. The van der Waals surface area contributed by atoms with Crippen LogP contribution in [0, 0.1) is 0 Å². The van der Waals surface area contributed by atoms with Crippen molar-refractivity contribution >= 4 is 0 Å². The van der Waals surface area contributed by atoms with E-state index >= 15 is 0 Å². The van der Waals surface area contributed by atoms with Crippen molar-refractivity contribution in [2.75, 3.05) is 7.11 Å². The first-order chi connectivity index (χ1) is 8.74. The standard InChI is InChI=1S/C14H19N3O/c1-3-17-8-7-16-14(17)13(15)10-11-5-4-6-12(9-11)18-2/h4-9,13H,3,10,15H2,1-2H3. The summed E-state index contributed by atoms with van der Waals surface area (Å²) in [6.45, 7) is 2.98. The summed E-state index contributed by atoms with van der Waals surface area (Å²) >= 11 is 0. The van der Waals surface area contributed by atoms with E-state index in [0.717, 1.165) is 30.1 Å². The predicted molar refractivity (Wildman–Crippen MR) is 71.5 cm³/mol. The molecule has 0 saturated heterocycles. The van der Waals surface area contributed by atoms with Gasteiger partial charge in [0, 0.05) is 18.9 Å². The molecule has 18 heavy (non-hydrogen) atoms.